The molecule has 1 amide bonds. The van der Waals surface area contributed by atoms with Crippen LogP contribution < -0.4 is 11.1 Å². The fraction of sp³-hybridized carbons (Fsp3) is 0.188. The number of amides is 1. The molecule has 0 aliphatic rings. The van der Waals surface area contributed by atoms with E-state index in [4.69, 9.17) is 28.9 Å². The molecule has 1 atom stereocenters. The molecule has 3 N–H and O–H groups in total. The lowest BCUT2D eigenvalue weighted by molar-refractivity contribution is -0.122. The van der Waals surface area contributed by atoms with Crippen molar-refractivity contribution in [2.75, 3.05) is 6.54 Å². The molecule has 0 saturated heterocycles. The van der Waals surface area contributed by atoms with Gasteiger partial charge in [0.2, 0.25) is 5.91 Å². The minimum absolute atomic E-state index is 0.203. The van der Waals surface area contributed by atoms with Crippen LogP contribution in [0.15, 0.2) is 48.5 Å². The minimum Gasteiger partial charge on any atom is -0.354 e. The zero-order valence-corrected chi connectivity index (χ0v) is 12.9. The van der Waals surface area contributed by atoms with E-state index in [1.165, 1.54) is 0 Å². The van der Waals surface area contributed by atoms with Gasteiger partial charge in [0, 0.05) is 16.6 Å². The van der Waals surface area contributed by atoms with Crippen molar-refractivity contribution >= 4 is 29.1 Å². The highest BCUT2D eigenvalue weighted by Gasteiger charge is 2.14. The number of halogens is 2. The first-order chi connectivity index (χ1) is 10.1. The number of nitrogens with one attached hydrogen (secondary N) is 1. The summed E-state index contributed by atoms with van der Waals surface area (Å²) in [6, 6.07) is 13.9. The maximum absolute atomic E-state index is 12.0. The average molecular weight is 323 g/mol. The van der Waals surface area contributed by atoms with Gasteiger partial charge in [-0.1, -0.05) is 59.6 Å². The Morgan fingerprint density at radius 3 is 2.52 bits per heavy atom. The summed E-state index contributed by atoms with van der Waals surface area (Å²) in [6.45, 7) is 0.473. The van der Waals surface area contributed by atoms with Crippen molar-refractivity contribution in [2.45, 2.75) is 12.5 Å². The molecule has 0 heterocycles. The minimum atomic E-state index is -0.660. The molecule has 0 spiro atoms. The third kappa shape index (κ3) is 4.46. The van der Waals surface area contributed by atoms with E-state index in [1.807, 2.05) is 36.4 Å². The monoisotopic (exact) mass is 322 g/mol. The lowest BCUT2D eigenvalue weighted by atomic mass is 10.1. The maximum Gasteiger partial charge on any atom is 0.241 e. The maximum atomic E-state index is 12.0. The molecule has 5 heteroatoms. The summed E-state index contributed by atoms with van der Waals surface area (Å²) < 4.78 is 0. The second-order valence-corrected chi connectivity index (χ2v) is 5.51. The predicted octanol–water partition coefficient (Wildman–Crippen LogP) is 3.35. The van der Waals surface area contributed by atoms with Crippen molar-refractivity contribution in [1.82, 2.24) is 5.32 Å². The van der Waals surface area contributed by atoms with Crippen molar-refractivity contribution in [3.63, 3.8) is 0 Å². The lowest BCUT2D eigenvalue weighted by Crippen LogP contribution is -2.35. The topological polar surface area (TPSA) is 55.1 Å². The number of hydrogen-bond acceptors (Lipinski definition) is 2. The van der Waals surface area contributed by atoms with Crippen LogP contribution in [-0.4, -0.2) is 12.5 Å². The van der Waals surface area contributed by atoms with E-state index in [0.717, 1.165) is 11.1 Å². The van der Waals surface area contributed by atoms with Crippen molar-refractivity contribution in [3.8, 4) is 0 Å². The SMILES string of the molecule is N[C@@H](C(=O)NCCc1ccc(Cl)cc1Cl)c1ccccc1. The predicted molar refractivity (Wildman–Crippen MR) is 86.5 cm³/mol. The van der Waals surface area contributed by atoms with Crippen LogP contribution >= 0.6 is 23.2 Å². The van der Waals surface area contributed by atoms with Gasteiger partial charge in [-0.05, 0) is 29.7 Å². The van der Waals surface area contributed by atoms with Crippen LogP contribution in [0.2, 0.25) is 10.0 Å². The summed E-state index contributed by atoms with van der Waals surface area (Å²) in [5, 5.41) is 4.01. The van der Waals surface area contributed by atoms with Crippen LogP contribution in [0.1, 0.15) is 17.2 Å². The highest BCUT2D eigenvalue weighted by Crippen LogP contribution is 2.21. The van der Waals surface area contributed by atoms with Crippen molar-refractivity contribution in [1.29, 1.82) is 0 Å². The molecule has 0 fully saturated rings. The van der Waals surface area contributed by atoms with Crippen molar-refractivity contribution in [2.24, 2.45) is 5.73 Å². The van der Waals surface area contributed by atoms with Gasteiger partial charge in [-0.2, -0.15) is 0 Å². The Kier molecular flexibility index (Phi) is 5.62. The van der Waals surface area contributed by atoms with Gasteiger partial charge >= 0.3 is 0 Å². The van der Waals surface area contributed by atoms with Crippen LogP contribution in [0.5, 0.6) is 0 Å². The molecule has 0 saturated carbocycles. The number of benzene rings is 2. The number of carbonyl (C=O) groups is 1. The van der Waals surface area contributed by atoms with E-state index >= 15 is 0 Å². The Morgan fingerprint density at radius 1 is 1.14 bits per heavy atom. The molecule has 110 valence electrons. The van der Waals surface area contributed by atoms with Crippen LogP contribution in [0.25, 0.3) is 0 Å². The third-order valence-electron chi connectivity index (χ3n) is 3.15. The molecule has 21 heavy (non-hydrogen) atoms. The number of nitrogens with two attached hydrogens (primary N) is 1. The van der Waals surface area contributed by atoms with Crippen LogP contribution in [-0.2, 0) is 11.2 Å². The quantitative estimate of drug-likeness (QED) is 0.886. The molecule has 0 bridgehead atoms. The van der Waals surface area contributed by atoms with E-state index < -0.39 is 6.04 Å². The lowest BCUT2D eigenvalue weighted by Gasteiger charge is -2.13. The Bertz CT molecular complexity index is 617. The van der Waals surface area contributed by atoms with Gasteiger partial charge in [0.25, 0.3) is 0 Å². The molecule has 2 rings (SSSR count). The van der Waals surface area contributed by atoms with Gasteiger partial charge in [-0.3, -0.25) is 4.79 Å². The molecular weight excluding hydrogens is 307 g/mol. The molecule has 0 unspecified atom stereocenters. The van der Waals surface area contributed by atoms with Gasteiger partial charge in [0.1, 0.15) is 6.04 Å². The van der Waals surface area contributed by atoms with Crippen LogP contribution in [0, 0.1) is 0 Å². The fourth-order valence-corrected chi connectivity index (χ4v) is 2.47. The molecular formula is C16H16Cl2N2O. The number of hydrogen-bond donors (Lipinski definition) is 2. The zero-order valence-electron chi connectivity index (χ0n) is 11.4. The summed E-state index contributed by atoms with van der Waals surface area (Å²) >= 11 is 11.9. The molecule has 2 aromatic carbocycles. The van der Waals surface area contributed by atoms with E-state index in [-0.39, 0.29) is 5.91 Å². The van der Waals surface area contributed by atoms with E-state index in [9.17, 15) is 4.79 Å². The average Bonchev–Trinajstić information content (AvgIpc) is 2.49. The molecule has 0 radical (unpaired) electrons. The highest BCUT2D eigenvalue weighted by molar-refractivity contribution is 6.35. The molecule has 2 aromatic rings. The first-order valence-corrected chi connectivity index (χ1v) is 7.35. The zero-order chi connectivity index (χ0) is 15.2. The van der Waals surface area contributed by atoms with Crippen molar-refractivity contribution in [3.05, 3.63) is 69.7 Å². The normalized spacial score (nSPS) is 12.0. The summed E-state index contributed by atoms with van der Waals surface area (Å²) in [4.78, 5) is 12.0. The first-order valence-electron chi connectivity index (χ1n) is 6.60. The van der Waals surface area contributed by atoms with E-state index in [2.05, 4.69) is 5.32 Å². The van der Waals surface area contributed by atoms with E-state index in [0.29, 0.717) is 23.0 Å². The summed E-state index contributed by atoms with van der Waals surface area (Å²) in [5.41, 5.74) is 7.64. The Labute approximate surface area is 134 Å². The van der Waals surface area contributed by atoms with E-state index in [1.54, 1.807) is 12.1 Å². The van der Waals surface area contributed by atoms with Crippen LogP contribution in [0.3, 0.4) is 0 Å². The van der Waals surface area contributed by atoms with Gasteiger partial charge in [0.15, 0.2) is 0 Å². The van der Waals surface area contributed by atoms with Gasteiger partial charge in [-0.15, -0.1) is 0 Å². The van der Waals surface area contributed by atoms with Gasteiger partial charge < -0.3 is 11.1 Å². The molecule has 0 aliphatic carbocycles. The molecule has 0 aliphatic heterocycles. The Morgan fingerprint density at radius 2 is 1.86 bits per heavy atom. The summed E-state index contributed by atoms with van der Waals surface area (Å²) in [6.07, 6.45) is 0.628. The standard InChI is InChI=1S/C16H16Cl2N2O/c17-13-7-6-11(14(18)10-13)8-9-20-16(21)15(19)12-4-2-1-3-5-12/h1-7,10,15H,8-9,19H2,(H,20,21)/t15-/m1/s1. The second-order valence-electron chi connectivity index (χ2n) is 4.67. The van der Waals surface area contributed by atoms with Gasteiger partial charge in [0.05, 0.1) is 0 Å². The molecule has 3 nitrogen and oxygen atoms in total. The Balaban J connectivity index is 1.87. The highest BCUT2D eigenvalue weighted by atomic mass is 35.5. The van der Waals surface area contributed by atoms with Crippen molar-refractivity contribution < 1.29 is 4.79 Å². The second kappa shape index (κ2) is 7.46. The fourth-order valence-electron chi connectivity index (χ4n) is 1.97. The van der Waals surface area contributed by atoms with Gasteiger partial charge in [-0.25, -0.2) is 0 Å². The number of rotatable bonds is 5. The first kappa shape index (κ1) is 15.8. The van der Waals surface area contributed by atoms with Crippen LogP contribution in [0.4, 0.5) is 0 Å². The number of carbonyl (C=O) groups excluding carboxylic acids is 1. The Hall–Kier alpha value is -1.55. The smallest absolute Gasteiger partial charge is 0.241 e. The summed E-state index contributed by atoms with van der Waals surface area (Å²) in [7, 11) is 0. The summed E-state index contributed by atoms with van der Waals surface area (Å²) in [5.74, 6) is -0.203. The largest absolute Gasteiger partial charge is 0.354 e. The molecule has 0 aromatic heterocycles. The third-order valence-corrected chi connectivity index (χ3v) is 3.74.